The second-order valence-corrected chi connectivity index (χ2v) is 8.10. The van der Waals surface area contributed by atoms with Crippen LogP contribution in [0.2, 0.25) is 0 Å². The highest BCUT2D eigenvalue weighted by Crippen LogP contribution is 2.40. The van der Waals surface area contributed by atoms with E-state index in [-0.39, 0.29) is 23.6 Å². The van der Waals surface area contributed by atoms with Gasteiger partial charge in [-0.1, -0.05) is 31.4 Å². The lowest BCUT2D eigenvalue weighted by Crippen LogP contribution is -2.23. The predicted molar refractivity (Wildman–Crippen MR) is 109 cm³/mol. The van der Waals surface area contributed by atoms with Gasteiger partial charge in [-0.05, 0) is 68.6 Å². The summed E-state index contributed by atoms with van der Waals surface area (Å²) in [4.78, 5) is 11.3. The van der Waals surface area contributed by atoms with Crippen molar-refractivity contribution in [3.63, 3.8) is 0 Å². The lowest BCUT2D eigenvalue weighted by atomic mass is 9.84. The van der Waals surface area contributed by atoms with E-state index in [4.69, 9.17) is 4.74 Å². The zero-order valence-corrected chi connectivity index (χ0v) is 17.3. The van der Waals surface area contributed by atoms with E-state index in [0.29, 0.717) is 37.9 Å². The van der Waals surface area contributed by atoms with E-state index >= 15 is 0 Å². The fourth-order valence-corrected chi connectivity index (χ4v) is 4.42. The molecule has 1 aliphatic rings. The van der Waals surface area contributed by atoms with Crippen molar-refractivity contribution in [2.24, 2.45) is 11.8 Å². The van der Waals surface area contributed by atoms with Crippen molar-refractivity contribution in [3.8, 4) is 0 Å². The fraction of sp³-hybridized carbons (Fsp3) is 0.696. The number of rotatable bonds is 12. The van der Waals surface area contributed by atoms with Crippen LogP contribution in [-0.4, -0.2) is 40.1 Å². The van der Waals surface area contributed by atoms with Crippen LogP contribution in [0.15, 0.2) is 24.3 Å². The molecule has 5 atom stereocenters. The van der Waals surface area contributed by atoms with Crippen molar-refractivity contribution < 1.29 is 29.2 Å². The van der Waals surface area contributed by atoms with E-state index < -0.39 is 18.3 Å². The van der Waals surface area contributed by atoms with Gasteiger partial charge in [0.1, 0.15) is 5.82 Å². The van der Waals surface area contributed by atoms with Crippen LogP contribution >= 0.6 is 0 Å². The molecule has 1 fully saturated rings. The molecule has 164 valence electrons. The van der Waals surface area contributed by atoms with Gasteiger partial charge in [0.05, 0.1) is 24.9 Å². The van der Waals surface area contributed by atoms with Crippen molar-refractivity contribution in [1.29, 1.82) is 0 Å². The number of aliphatic hydroxyl groups is 3. The molecule has 1 aromatic rings. The minimum atomic E-state index is -0.705. The van der Waals surface area contributed by atoms with Gasteiger partial charge >= 0.3 is 5.97 Å². The number of carbonyl (C=O) groups is 1. The van der Waals surface area contributed by atoms with Crippen LogP contribution in [0.5, 0.6) is 0 Å². The standard InChI is InChI=1S/C23H35FO5/c1-2-29-23(28)8-6-4-3-5-7-18-19(22(27)15-21(18)26)13-14-20(25)16-9-11-17(24)12-10-16/h9-12,18-22,25-27H,2-8,13-15H2,1H3/t18-,19?,20?,21+,22-/m1/s1. The van der Waals surface area contributed by atoms with E-state index in [1.165, 1.54) is 12.1 Å². The number of benzene rings is 1. The molecular formula is C23H35FO5. The van der Waals surface area contributed by atoms with Gasteiger partial charge in [-0.3, -0.25) is 4.79 Å². The number of esters is 1. The summed E-state index contributed by atoms with van der Waals surface area (Å²) >= 11 is 0. The molecule has 0 amide bonds. The fourth-order valence-electron chi connectivity index (χ4n) is 4.42. The third kappa shape index (κ3) is 7.68. The van der Waals surface area contributed by atoms with Gasteiger partial charge in [0.2, 0.25) is 0 Å². The first-order valence-corrected chi connectivity index (χ1v) is 10.9. The number of hydrogen-bond donors (Lipinski definition) is 3. The smallest absolute Gasteiger partial charge is 0.305 e. The van der Waals surface area contributed by atoms with Gasteiger partial charge in [0.15, 0.2) is 0 Å². The largest absolute Gasteiger partial charge is 0.466 e. The van der Waals surface area contributed by atoms with Crippen LogP contribution in [0.1, 0.15) is 76.4 Å². The highest BCUT2D eigenvalue weighted by Gasteiger charge is 2.40. The lowest BCUT2D eigenvalue weighted by molar-refractivity contribution is -0.143. The molecule has 0 radical (unpaired) electrons. The summed E-state index contributed by atoms with van der Waals surface area (Å²) in [7, 11) is 0. The monoisotopic (exact) mass is 410 g/mol. The maximum atomic E-state index is 13.0. The molecule has 0 aliphatic heterocycles. The Labute approximate surface area is 172 Å². The average Bonchev–Trinajstić information content (AvgIpc) is 2.96. The van der Waals surface area contributed by atoms with Crippen molar-refractivity contribution in [2.75, 3.05) is 6.61 Å². The number of ether oxygens (including phenoxy) is 1. The average molecular weight is 411 g/mol. The Kier molecular flexibility index (Phi) is 10.0. The maximum absolute atomic E-state index is 13.0. The van der Waals surface area contributed by atoms with Crippen LogP contribution in [-0.2, 0) is 9.53 Å². The lowest BCUT2D eigenvalue weighted by Gasteiger charge is -2.24. The van der Waals surface area contributed by atoms with Gasteiger partial charge in [0.25, 0.3) is 0 Å². The Balaban J connectivity index is 1.73. The second-order valence-electron chi connectivity index (χ2n) is 8.10. The molecule has 6 heteroatoms. The quantitative estimate of drug-likeness (QED) is 0.359. The third-order valence-electron chi connectivity index (χ3n) is 6.02. The molecule has 0 saturated heterocycles. The second kappa shape index (κ2) is 12.3. The van der Waals surface area contributed by atoms with Gasteiger partial charge in [-0.25, -0.2) is 4.39 Å². The van der Waals surface area contributed by atoms with E-state index in [1.54, 1.807) is 19.1 Å². The maximum Gasteiger partial charge on any atom is 0.305 e. The molecule has 2 rings (SSSR count). The molecule has 0 spiro atoms. The first-order valence-electron chi connectivity index (χ1n) is 10.9. The molecule has 0 aromatic heterocycles. The number of unbranched alkanes of at least 4 members (excludes halogenated alkanes) is 3. The van der Waals surface area contributed by atoms with E-state index in [0.717, 1.165) is 32.1 Å². The van der Waals surface area contributed by atoms with Crippen molar-refractivity contribution >= 4 is 5.97 Å². The van der Waals surface area contributed by atoms with Crippen LogP contribution < -0.4 is 0 Å². The van der Waals surface area contributed by atoms with Crippen LogP contribution in [0, 0.1) is 17.7 Å². The first-order chi connectivity index (χ1) is 13.9. The first kappa shape index (κ1) is 23.8. The Morgan fingerprint density at radius 1 is 1.07 bits per heavy atom. The summed E-state index contributed by atoms with van der Waals surface area (Å²) in [5.41, 5.74) is 0.664. The number of hydrogen-bond acceptors (Lipinski definition) is 5. The third-order valence-corrected chi connectivity index (χ3v) is 6.02. The summed E-state index contributed by atoms with van der Waals surface area (Å²) in [5.74, 6) is -0.505. The zero-order valence-electron chi connectivity index (χ0n) is 17.3. The molecule has 2 unspecified atom stereocenters. The van der Waals surface area contributed by atoms with E-state index in [1.807, 2.05) is 0 Å². The molecule has 3 N–H and O–H groups in total. The summed E-state index contributed by atoms with van der Waals surface area (Å²) in [5, 5.41) is 31.1. The van der Waals surface area contributed by atoms with Gasteiger partial charge in [-0.15, -0.1) is 0 Å². The minimum absolute atomic E-state index is 0.0236. The van der Waals surface area contributed by atoms with E-state index in [2.05, 4.69) is 0 Å². The van der Waals surface area contributed by atoms with Crippen LogP contribution in [0.4, 0.5) is 4.39 Å². The molecule has 1 aromatic carbocycles. The molecule has 1 saturated carbocycles. The minimum Gasteiger partial charge on any atom is -0.466 e. The summed E-state index contributed by atoms with van der Waals surface area (Å²) in [6.45, 7) is 2.21. The molecule has 1 aliphatic carbocycles. The number of carbonyl (C=O) groups excluding carboxylic acids is 1. The van der Waals surface area contributed by atoms with Gasteiger partial charge < -0.3 is 20.1 Å². The number of halogens is 1. The Hall–Kier alpha value is -1.50. The Morgan fingerprint density at radius 3 is 2.34 bits per heavy atom. The van der Waals surface area contributed by atoms with Gasteiger partial charge in [0, 0.05) is 6.42 Å². The molecule has 5 nitrogen and oxygen atoms in total. The van der Waals surface area contributed by atoms with Crippen molar-refractivity contribution in [3.05, 3.63) is 35.6 Å². The molecule has 0 heterocycles. The van der Waals surface area contributed by atoms with Crippen LogP contribution in [0.3, 0.4) is 0 Å². The van der Waals surface area contributed by atoms with Gasteiger partial charge in [-0.2, -0.15) is 0 Å². The Morgan fingerprint density at radius 2 is 1.69 bits per heavy atom. The van der Waals surface area contributed by atoms with Crippen molar-refractivity contribution in [2.45, 2.75) is 83.0 Å². The highest BCUT2D eigenvalue weighted by molar-refractivity contribution is 5.69. The Bertz CT molecular complexity index is 606. The summed E-state index contributed by atoms with van der Waals surface area (Å²) in [6, 6.07) is 5.82. The topological polar surface area (TPSA) is 87.0 Å². The molecular weight excluding hydrogens is 375 g/mol. The summed E-state index contributed by atoms with van der Waals surface area (Å²) in [6.07, 6.45) is 4.63. The normalized spacial score (nSPS) is 25.1. The number of aliphatic hydroxyl groups excluding tert-OH is 3. The SMILES string of the molecule is CCOC(=O)CCCCCC[C@@H]1C(CCC(O)c2ccc(F)cc2)[C@H](O)C[C@@H]1O. The van der Waals surface area contributed by atoms with E-state index in [9.17, 15) is 24.5 Å². The highest BCUT2D eigenvalue weighted by atomic mass is 19.1. The van der Waals surface area contributed by atoms with Crippen LogP contribution in [0.25, 0.3) is 0 Å². The molecule has 0 bridgehead atoms. The summed E-state index contributed by atoms with van der Waals surface area (Å²) < 4.78 is 17.9. The molecule has 29 heavy (non-hydrogen) atoms. The predicted octanol–water partition coefficient (Wildman–Crippen LogP) is 3.90. The zero-order chi connectivity index (χ0) is 21.2. The van der Waals surface area contributed by atoms with Crippen molar-refractivity contribution in [1.82, 2.24) is 0 Å².